The van der Waals surface area contributed by atoms with Gasteiger partial charge in [-0.05, 0) is 67.4 Å². The molecule has 2 heterocycles. The molecule has 0 radical (unpaired) electrons. The van der Waals surface area contributed by atoms with Gasteiger partial charge in [-0.3, -0.25) is 14.5 Å². The summed E-state index contributed by atoms with van der Waals surface area (Å²) in [6.07, 6.45) is 2.09. The number of amides is 1. The third-order valence-electron chi connectivity index (χ3n) is 6.61. The number of pyridine rings is 1. The average Bonchev–Trinajstić information content (AvgIpc) is 2.89. The van der Waals surface area contributed by atoms with Crippen molar-refractivity contribution in [2.45, 2.75) is 23.3 Å². The van der Waals surface area contributed by atoms with E-state index in [4.69, 9.17) is 11.6 Å². The van der Waals surface area contributed by atoms with Gasteiger partial charge in [-0.15, -0.1) is 0 Å². The number of hydrogen-bond donors (Lipinski definition) is 2. The van der Waals surface area contributed by atoms with E-state index in [0.717, 1.165) is 6.07 Å². The van der Waals surface area contributed by atoms with Crippen LogP contribution in [0.1, 0.15) is 28.8 Å². The first-order chi connectivity index (χ1) is 17.7. The van der Waals surface area contributed by atoms with Crippen molar-refractivity contribution in [1.82, 2.24) is 9.88 Å². The molecule has 0 unspecified atom stereocenters. The second-order valence-corrected chi connectivity index (χ2v) is 11.0. The summed E-state index contributed by atoms with van der Waals surface area (Å²) >= 11 is 6.27. The van der Waals surface area contributed by atoms with Gasteiger partial charge in [0.15, 0.2) is 0 Å². The van der Waals surface area contributed by atoms with E-state index in [2.05, 4.69) is 9.71 Å². The number of benzene rings is 3. The molecule has 1 aliphatic heterocycles. The second kappa shape index (κ2) is 9.74. The standard InChI is InChI=1S/C27H23ClFN3O4S/c28-22-6-2-1-5-21(22)27(34)13-16-32(17-14-27)26(33)18-7-9-19(10-8-18)31-37(35,36)24-12-11-23(29)20-4-3-15-30-25(20)24/h1-12,15,31,34H,13-14,16-17H2. The van der Waals surface area contributed by atoms with Crippen molar-refractivity contribution >= 4 is 44.1 Å². The van der Waals surface area contributed by atoms with Gasteiger partial charge in [0, 0.05) is 46.5 Å². The lowest BCUT2D eigenvalue weighted by Gasteiger charge is -2.39. The summed E-state index contributed by atoms with van der Waals surface area (Å²) in [5.41, 5.74) is 0.223. The zero-order valence-electron chi connectivity index (χ0n) is 19.6. The predicted octanol–water partition coefficient (Wildman–Crippen LogP) is 4.95. The molecule has 37 heavy (non-hydrogen) atoms. The number of likely N-dealkylation sites (tertiary alicyclic amines) is 1. The highest BCUT2D eigenvalue weighted by Gasteiger charge is 2.37. The Balaban J connectivity index is 1.28. The normalized spacial score (nSPS) is 15.5. The summed E-state index contributed by atoms with van der Waals surface area (Å²) in [5.74, 6) is -0.780. The minimum Gasteiger partial charge on any atom is -0.385 e. The molecule has 190 valence electrons. The van der Waals surface area contributed by atoms with E-state index in [1.54, 1.807) is 23.1 Å². The van der Waals surface area contributed by atoms with E-state index >= 15 is 0 Å². The van der Waals surface area contributed by atoms with Gasteiger partial charge in [0.25, 0.3) is 15.9 Å². The number of piperidine rings is 1. The van der Waals surface area contributed by atoms with Crippen LogP contribution in [-0.2, 0) is 15.6 Å². The molecule has 2 N–H and O–H groups in total. The van der Waals surface area contributed by atoms with Gasteiger partial charge in [-0.2, -0.15) is 0 Å². The number of hydrogen-bond acceptors (Lipinski definition) is 5. The molecular weight excluding hydrogens is 517 g/mol. The first-order valence-corrected chi connectivity index (χ1v) is 13.5. The third-order valence-corrected chi connectivity index (χ3v) is 8.35. The molecule has 0 spiro atoms. The maximum absolute atomic E-state index is 14.1. The summed E-state index contributed by atoms with van der Waals surface area (Å²) < 4.78 is 42.6. The number of anilines is 1. The van der Waals surface area contributed by atoms with Crippen LogP contribution in [0.25, 0.3) is 10.9 Å². The molecule has 0 aliphatic carbocycles. The molecule has 7 nitrogen and oxygen atoms in total. The molecule has 1 saturated heterocycles. The SMILES string of the molecule is O=C(c1ccc(NS(=O)(=O)c2ccc(F)c3cccnc23)cc1)N1CCC(O)(c2ccccc2Cl)CC1. The molecule has 1 fully saturated rings. The Labute approximate surface area is 218 Å². The maximum Gasteiger partial charge on any atom is 0.264 e. The van der Waals surface area contributed by atoms with Crippen LogP contribution in [0.5, 0.6) is 0 Å². The quantitative estimate of drug-likeness (QED) is 0.374. The molecule has 3 aromatic carbocycles. The van der Waals surface area contributed by atoms with Crippen LogP contribution >= 0.6 is 11.6 Å². The Hall–Kier alpha value is -3.53. The van der Waals surface area contributed by atoms with E-state index in [-0.39, 0.29) is 27.4 Å². The average molecular weight is 540 g/mol. The number of nitrogens with one attached hydrogen (secondary N) is 1. The highest BCUT2D eigenvalue weighted by molar-refractivity contribution is 7.93. The van der Waals surface area contributed by atoms with E-state index in [1.807, 2.05) is 6.07 Å². The number of sulfonamides is 1. The fourth-order valence-electron chi connectivity index (χ4n) is 4.59. The molecule has 1 aliphatic rings. The Kier molecular flexibility index (Phi) is 6.61. The van der Waals surface area contributed by atoms with Crippen molar-refractivity contribution in [2.24, 2.45) is 0 Å². The molecule has 10 heteroatoms. The molecular formula is C27H23ClFN3O4S. The van der Waals surface area contributed by atoms with Gasteiger partial charge in [-0.25, -0.2) is 12.8 Å². The smallest absolute Gasteiger partial charge is 0.264 e. The largest absolute Gasteiger partial charge is 0.385 e. The zero-order valence-corrected chi connectivity index (χ0v) is 21.1. The number of halogens is 2. The van der Waals surface area contributed by atoms with E-state index in [0.29, 0.717) is 42.1 Å². The number of rotatable bonds is 5. The van der Waals surface area contributed by atoms with Crippen LogP contribution in [0.15, 0.2) is 83.9 Å². The Morgan fingerprint density at radius 1 is 1.00 bits per heavy atom. The Morgan fingerprint density at radius 3 is 2.41 bits per heavy atom. The monoisotopic (exact) mass is 539 g/mol. The van der Waals surface area contributed by atoms with Crippen molar-refractivity contribution in [3.8, 4) is 0 Å². The van der Waals surface area contributed by atoms with E-state index < -0.39 is 21.4 Å². The van der Waals surface area contributed by atoms with Gasteiger partial charge in [0.2, 0.25) is 0 Å². The van der Waals surface area contributed by atoms with Crippen LogP contribution in [-0.4, -0.2) is 42.4 Å². The molecule has 1 aromatic heterocycles. The van der Waals surface area contributed by atoms with E-state index in [1.165, 1.54) is 48.7 Å². The first-order valence-electron chi connectivity index (χ1n) is 11.6. The predicted molar refractivity (Wildman–Crippen MR) is 139 cm³/mol. The minimum atomic E-state index is -4.07. The summed E-state index contributed by atoms with van der Waals surface area (Å²) in [6, 6.07) is 18.5. The van der Waals surface area contributed by atoms with Gasteiger partial charge in [-0.1, -0.05) is 29.8 Å². The van der Waals surface area contributed by atoms with Crippen LogP contribution in [0.3, 0.4) is 0 Å². The molecule has 1 amide bonds. The minimum absolute atomic E-state index is 0.0312. The summed E-state index contributed by atoms with van der Waals surface area (Å²) in [4.78, 5) is 18.6. The third kappa shape index (κ3) is 4.90. The first kappa shape index (κ1) is 25.1. The van der Waals surface area contributed by atoms with Crippen molar-refractivity contribution in [3.63, 3.8) is 0 Å². The maximum atomic E-state index is 14.1. The van der Waals surface area contributed by atoms with Crippen molar-refractivity contribution in [3.05, 3.63) is 101 Å². The lowest BCUT2D eigenvalue weighted by Crippen LogP contribution is -2.45. The number of carbonyl (C=O) groups excluding carboxylic acids is 1. The van der Waals surface area contributed by atoms with Crippen molar-refractivity contribution in [1.29, 1.82) is 0 Å². The lowest BCUT2D eigenvalue weighted by atomic mass is 9.84. The number of aromatic nitrogens is 1. The van der Waals surface area contributed by atoms with Gasteiger partial charge in [0.1, 0.15) is 10.7 Å². The zero-order chi connectivity index (χ0) is 26.2. The molecule has 0 atom stereocenters. The lowest BCUT2D eigenvalue weighted by molar-refractivity contribution is -0.0210. The fraction of sp³-hybridized carbons (Fsp3) is 0.185. The number of carbonyl (C=O) groups is 1. The molecule has 0 saturated carbocycles. The van der Waals surface area contributed by atoms with Crippen LogP contribution < -0.4 is 4.72 Å². The highest BCUT2D eigenvalue weighted by atomic mass is 35.5. The molecule has 4 aromatic rings. The Bertz CT molecular complexity index is 1590. The van der Waals surface area contributed by atoms with Crippen LogP contribution in [0.2, 0.25) is 5.02 Å². The second-order valence-electron chi connectivity index (χ2n) is 8.93. The van der Waals surface area contributed by atoms with Crippen LogP contribution in [0.4, 0.5) is 10.1 Å². The Morgan fingerprint density at radius 2 is 1.70 bits per heavy atom. The van der Waals surface area contributed by atoms with Gasteiger partial charge >= 0.3 is 0 Å². The number of fused-ring (bicyclic) bond motifs is 1. The van der Waals surface area contributed by atoms with Crippen molar-refractivity contribution < 1.29 is 22.7 Å². The molecule has 5 rings (SSSR count). The number of aliphatic hydroxyl groups is 1. The number of nitrogens with zero attached hydrogens (tertiary/aromatic N) is 2. The summed E-state index contributed by atoms with van der Waals surface area (Å²) in [5, 5.41) is 11.7. The summed E-state index contributed by atoms with van der Waals surface area (Å²) in [6.45, 7) is 0.694. The van der Waals surface area contributed by atoms with Gasteiger partial charge in [0.05, 0.1) is 11.1 Å². The van der Waals surface area contributed by atoms with Gasteiger partial charge < -0.3 is 10.0 Å². The molecule has 0 bridgehead atoms. The topological polar surface area (TPSA) is 99.6 Å². The van der Waals surface area contributed by atoms with E-state index in [9.17, 15) is 22.7 Å². The van der Waals surface area contributed by atoms with Crippen molar-refractivity contribution in [2.75, 3.05) is 17.8 Å². The highest BCUT2D eigenvalue weighted by Crippen LogP contribution is 2.37. The summed E-state index contributed by atoms with van der Waals surface area (Å²) in [7, 11) is -4.07. The fourth-order valence-corrected chi connectivity index (χ4v) is 6.12. The van der Waals surface area contributed by atoms with Crippen LogP contribution in [0, 0.1) is 5.82 Å².